The molecule has 0 saturated carbocycles. The maximum atomic E-state index is 13.8. The van der Waals surface area contributed by atoms with Gasteiger partial charge in [0, 0.05) is 38.3 Å². The molecule has 0 atom stereocenters. The molecule has 6 heterocycles. The largest absolute Gasteiger partial charge is 0.494 e. The first kappa shape index (κ1) is 29.4. The Hall–Kier alpha value is -4.27. The van der Waals surface area contributed by atoms with Crippen molar-refractivity contribution in [3.63, 3.8) is 0 Å². The van der Waals surface area contributed by atoms with Crippen LogP contribution in [-0.2, 0) is 23.9 Å². The highest BCUT2D eigenvalue weighted by Gasteiger charge is 2.51. The van der Waals surface area contributed by atoms with Crippen LogP contribution in [-0.4, -0.2) is 87.4 Å². The van der Waals surface area contributed by atoms with Crippen LogP contribution in [0.1, 0.15) is 34.6 Å². The van der Waals surface area contributed by atoms with Crippen molar-refractivity contribution in [2.45, 2.75) is 37.1 Å². The number of aromatic nitrogens is 4. The maximum absolute atomic E-state index is 13.8. The molecule has 3 aliphatic heterocycles. The summed E-state index contributed by atoms with van der Waals surface area (Å²) < 4.78 is 54.2. The van der Waals surface area contributed by atoms with Gasteiger partial charge >= 0.3 is 6.18 Å². The lowest BCUT2D eigenvalue weighted by atomic mass is 9.81. The van der Waals surface area contributed by atoms with Crippen LogP contribution in [0.3, 0.4) is 0 Å². The van der Waals surface area contributed by atoms with Gasteiger partial charge in [0.15, 0.2) is 5.69 Å². The average molecular weight is 623 g/mol. The van der Waals surface area contributed by atoms with Crippen LogP contribution in [0, 0.1) is 0 Å². The Morgan fingerprint density at radius 3 is 2.62 bits per heavy atom. The van der Waals surface area contributed by atoms with Gasteiger partial charge in [0.2, 0.25) is 0 Å². The van der Waals surface area contributed by atoms with Gasteiger partial charge in [-0.15, -0.1) is 0 Å². The summed E-state index contributed by atoms with van der Waals surface area (Å²) in [5.41, 5.74) is 9.26. The highest BCUT2D eigenvalue weighted by atomic mass is 19.4. The first-order valence-corrected chi connectivity index (χ1v) is 14.8. The second-order valence-corrected chi connectivity index (χ2v) is 11.9. The normalized spacial score (nSPS) is 18.7. The molecule has 11 nitrogen and oxygen atoms in total. The number of benzene rings is 1. The van der Waals surface area contributed by atoms with Crippen molar-refractivity contribution in [3.8, 4) is 17.0 Å². The second kappa shape index (κ2) is 11.0. The Morgan fingerprint density at radius 1 is 1.18 bits per heavy atom. The van der Waals surface area contributed by atoms with Crippen molar-refractivity contribution in [2.24, 2.45) is 12.8 Å². The van der Waals surface area contributed by atoms with E-state index in [1.165, 1.54) is 12.0 Å². The minimum absolute atomic E-state index is 0.0384. The predicted octanol–water partition coefficient (Wildman–Crippen LogP) is 3.95. The predicted molar refractivity (Wildman–Crippen MR) is 160 cm³/mol. The van der Waals surface area contributed by atoms with Crippen LogP contribution in [0.15, 0.2) is 42.7 Å². The Labute approximate surface area is 257 Å². The van der Waals surface area contributed by atoms with E-state index in [0.29, 0.717) is 79.2 Å². The van der Waals surface area contributed by atoms with E-state index in [1.807, 2.05) is 35.9 Å². The number of pyridine rings is 2. The lowest BCUT2D eigenvalue weighted by Crippen LogP contribution is -2.57. The van der Waals surface area contributed by atoms with Crippen LogP contribution in [0.25, 0.3) is 22.3 Å². The summed E-state index contributed by atoms with van der Waals surface area (Å²) in [6.45, 7) is 1.75. The van der Waals surface area contributed by atoms with E-state index in [9.17, 15) is 18.0 Å². The van der Waals surface area contributed by atoms with Crippen molar-refractivity contribution in [1.82, 2.24) is 29.3 Å². The molecular weight excluding hydrogens is 589 g/mol. The molecule has 4 aromatic rings. The SMILES string of the molecule is COc1cc(Nc2ccc3c(n2)CN(CC(F)(F)F)C32CCN(C3COC3)CC2)c(C(N)=O)nc1-c1cccc2c1ncn2C. The number of aryl methyl sites for hydroxylation is 1. The number of fused-ring (bicyclic) bond motifs is 3. The molecule has 0 unspecified atom stereocenters. The van der Waals surface area contributed by atoms with Crippen LogP contribution in [0.2, 0.25) is 0 Å². The van der Waals surface area contributed by atoms with E-state index in [2.05, 4.69) is 20.2 Å². The van der Waals surface area contributed by atoms with E-state index < -0.39 is 24.2 Å². The van der Waals surface area contributed by atoms with Gasteiger partial charge in [-0.3, -0.25) is 14.6 Å². The molecule has 1 amide bonds. The summed E-state index contributed by atoms with van der Waals surface area (Å²) in [6, 6.07) is 11.2. The van der Waals surface area contributed by atoms with E-state index in [0.717, 1.165) is 11.1 Å². The molecule has 3 aliphatic rings. The Balaban J connectivity index is 1.22. The molecular formula is C31H33F3N8O3. The topological polar surface area (TPSA) is 124 Å². The average Bonchev–Trinajstić information content (AvgIpc) is 3.49. The number of hydrogen-bond acceptors (Lipinski definition) is 9. The Morgan fingerprint density at radius 2 is 1.96 bits per heavy atom. The van der Waals surface area contributed by atoms with E-state index in [4.69, 9.17) is 20.2 Å². The number of carbonyl (C=O) groups excluding carboxylic acids is 1. The number of carbonyl (C=O) groups is 1. The standard InChI is InChI=1S/C31H33F3N8O3/c1-40-17-36-26-19(4-3-5-23(26)40)27-24(44-2)12-21(28(39-27)29(35)43)37-25-7-6-20-22(38-25)13-42(16-31(32,33)34)30(20)8-10-41(11-9-30)18-14-45-15-18/h3-7,12,17-18H,8-11,13-16H2,1-2H3,(H2,35,43)(H,37,38). The van der Waals surface area contributed by atoms with Crippen molar-refractivity contribution in [1.29, 1.82) is 0 Å². The number of para-hydroxylation sites is 1. The zero-order valence-electron chi connectivity index (χ0n) is 24.9. The van der Waals surface area contributed by atoms with Crippen LogP contribution >= 0.6 is 0 Å². The monoisotopic (exact) mass is 622 g/mol. The van der Waals surface area contributed by atoms with Gasteiger partial charge < -0.3 is 25.1 Å². The summed E-state index contributed by atoms with van der Waals surface area (Å²) in [7, 11) is 3.38. The summed E-state index contributed by atoms with van der Waals surface area (Å²) in [4.78, 5) is 30.3. The first-order chi connectivity index (χ1) is 21.6. The number of amides is 1. The number of halogens is 3. The highest BCUT2D eigenvalue weighted by Crippen LogP contribution is 2.48. The van der Waals surface area contributed by atoms with Crippen molar-refractivity contribution in [3.05, 3.63) is 59.7 Å². The van der Waals surface area contributed by atoms with Crippen LogP contribution in [0.5, 0.6) is 5.75 Å². The van der Waals surface area contributed by atoms with Gasteiger partial charge in [0.1, 0.15) is 17.3 Å². The molecule has 1 spiro atoms. The molecule has 2 fully saturated rings. The third kappa shape index (κ3) is 5.16. The Bertz CT molecular complexity index is 1780. The van der Waals surface area contributed by atoms with Gasteiger partial charge in [0.05, 0.1) is 67.2 Å². The van der Waals surface area contributed by atoms with Crippen LogP contribution in [0.4, 0.5) is 24.7 Å². The van der Waals surface area contributed by atoms with E-state index >= 15 is 0 Å². The molecule has 0 bridgehead atoms. The fourth-order valence-electron chi connectivity index (χ4n) is 6.93. The summed E-state index contributed by atoms with van der Waals surface area (Å²) in [5.74, 6) is -0.0387. The van der Waals surface area contributed by atoms with Crippen molar-refractivity contribution in [2.75, 3.05) is 45.3 Å². The van der Waals surface area contributed by atoms with Crippen molar-refractivity contribution < 1.29 is 27.4 Å². The number of nitrogens with two attached hydrogens (primary N) is 1. The van der Waals surface area contributed by atoms with Gasteiger partial charge in [-0.1, -0.05) is 18.2 Å². The number of anilines is 2. The third-order valence-electron chi connectivity index (χ3n) is 9.27. The van der Waals surface area contributed by atoms with Gasteiger partial charge in [-0.2, -0.15) is 13.2 Å². The number of alkyl halides is 3. The minimum Gasteiger partial charge on any atom is -0.494 e. The summed E-state index contributed by atoms with van der Waals surface area (Å²) >= 11 is 0. The van der Waals surface area contributed by atoms with Gasteiger partial charge in [0.25, 0.3) is 5.91 Å². The Kier molecular flexibility index (Phi) is 7.17. The number of likely N-dealkylation sites (tertiary alicyclic amines) is 1. The molecule has 14 heteroatoms. The third-order valence-corrected chi connectivity index (χ3v) is 9.27. The quantitative estimate of drug-likeness (QED) is 0.315. The lowest BCUT2D eigenvalue weighted by molar-refractivity contribution is -0.166. The van der Waals surface area contributed by atoms with E-state index in [-0.39, 0.29) is 17.9 Å². The number of ether oxygens (including phenoxy) is 2. The number of primary amides is 1. The molecule has 0 radical (unpaired) electrons. The molecule has 0 aliphatic carbocycles. The second-order valence-electron chi connectivity index (χ2n) is 11.9. The number of imidazole rings is 1. The maximum Gasteiger partial charge on any atom is 0.401 e. The molecule has 1 aromatic carbocycles. The molecule has 2 saturated heterocycles. The number of nitrogens with zero attached hydrogens (tertiary/aromatic N) is 6. The van der Waals surface area contributed by atoms with Crippen LogP contribution < -0.4 is 15.8 Å². The number of rotatable bonds is 7. The minimum atomic E-state index is -4.35. The van der Waals surface area contributed by atoms with Gasteiger partial charge in [-0.05, 0) is 30.5 Å². The molecule has 3 aromatic heterocycles. The molecule has 3 N–H and O–H groups in total. The number of hydrogen-bond donors (Lipinski definition) is 2. The molecule has 45 heavy (non-hydrogen) atoms. The first-order valence-electron chi connectivity index (χ1n) is 14.8. The number of methoxy groups -OCH3 is 1. The summed E-state index contributed by atoms with van der Waals surface area (Å²) in [5, 5.41) is 3.13. The molecule has 7 rings (SSSR count). The number of nitrogens with one attached hydrogen (secondary N) is 1. The van der Waals surface area contributed by atoms with Gasteiger partial charge in [-0.25, -0.2) is 15.0 Å². The smallest absolute Gasteiger partial charge is 0.401 e. The number of piperidine rings is 1. The van der Waals surface area contributed by atoms with E-state index in [1.54, 1.807) is 18.5 Å². The summed E-state index contributed by atoms with van der Waals surface area (Å²) in [6.07, 6.45) is -1.52. The fraction of sp³-hybridized carbons (Fsp3) is 0.419. The van der Waals surface area contributed by atoms with Crippen molar-refractivity contribution >= 4 is 28.4 Å². The zero-order chi connectivity index (χ0) is 31.5. The molecule has 236 valence electrons. The fourth-order valence-corrected chi connectivity index (χ4v) is 6.93. The lowest BCUT2D eigenvalue weighted by Gasteiger charge is -2.48. The zero-order valence-corrected chi connectivity index (χ0v) is 24.9. The highest BCUT2D eigenvalue weighted by molar-refractivity contribution is 6.00.